The van der Waals surface area contributed by atoms with Gasteiger partial charge in [0.1, 0.15) is 5.82 Å². The summed E-state index contributed by atoms with van der Waals surface area (Å²) >= 11 is 0. The van der Waals surface area contributed by atoms with Crippen LogP contribution in [-0.2, 0) is 14.8 Å². The van der Waals surface area contributed by atoms with E-state index in [0.29, 0.717) is 19.0 Å². The fraction of sp³-hybridized carbons (Fsp3) is 0.533. The van der Waals surface area contributed by atoms with Gasteiger partial charge in [0, 0.05) is 32.1 Å². The van der Waals surface area contributed by atoms with Crippen LogP contribution in [0.5, 0.6) is 0 Å². The highest BCUT2D eigenvalue weighted by atomic mass is 32.2. The summed E-state index contributed by atoms with van der Waals surface area (Å²) in [4.78, 5) is 13.9. The highest BCUT2D eigenvalue weighted by Crippen LogP contribution is 2.39. The van der Waals surface area contributed by atoms with Crippen LogP contribution in [0.3, 0.4) is 0 Å². The molecular weight excluding hydrogens is 307 g/mol. The molecule has 120 valence electrons. The molecule has 0 bridgehead atoms. The number of amides is 1. The van der Waals surface area contributed by atoms with Crippen molar-refractivity contribution in [2.45, 2.75) is 18.2 Å². The average Bonchev–Trinajstić information content (AvgIpc) is 3.23. The average molecular weight is 326 g/mol. The lowest BCUT2D eigenvalue weighted by Gasteiger charge is -2.34. The first kappa shape index (κ1) is 15.4. The Balaban J connectivity index is 1.67. The second kappa shape index (κ2) is 5.62. The quantitative estimate of drug-likeness (QED) is 0.842. The lowest BCUT2D eigenvalue weighted by Crippen LogP contribution is -2.51. The van der Waals surface area contributed by atoms with Crippen molar-refractivity contribution in [3.05, 3.63) is 30.1 Å². The molecule has 2 fully saturated rings. The summed E-state index contributed by atoms with van der Waals surface area (Å²) in [6, 6.07) is 5.02. The number of sulfonamides is 1. The van der Waals surface area contributed by atoms with E-state index < -0.39 is 15.8 Å². The number of carbonyl (C=O) groups excluding carboxylic acids is 1. The summed E-state index contributed by atoms with van der Waals surface area (Å²) in [6.45, 7) is 3.36. The second-order valence-electron chi connectivity index (χ2n) is 6.01. The number of halogens is 1. The fourth-order valence-corrected chi connectivity index (χ4v) is 4.28. The van der Waals surface area contributed by atoms with Crippen LogP contribution in [-0.4, -0.2) is 49.7 Å². The normalized spacial score (nSPS) is 26.0. The molecule has 1 aliphatic carbocycles. The van der Waals surface area contributed by atoms with E-state index in [4.69, 9.17) is 0 Å². The minimum atomic E-state index is -3.69. The van der Waals surface area contributed by atoms with E-state index in [0.717, 1.165) is 12.5 Å². The van der Waals surface area contributed by atoms with Gasteiger partial charge in [-0.3, -0.25) is 4.79 Å². The van der Waals surface area contributed by atoms with E-state index in [1.165, 1.54) is 22.5 Å². The minimum Gasteiger partial charge on any atom is -0.340 e. The summed E-state index contributed by atoms with van der Waals surface area (Å²) in [7, 11) is -3.69. The maximum absolute atomic E-state index is 13.2. The predicted octanol–water partition coefficient (Wildman–Crippen LogP) is 1.31. The van der Waals surface area contributed by atoms with Crippen LogP contribution in [0.15, 0.2) is 29.2 Å². The SMILES string of the molecule is C[C@H]1C[C@@H]1C(=O)N1CCN(S(=O)(=O)c2cccc(F)c2)CC1. The molecule has 3 rings (SSSR count). The molecule has 1 saturated heterocycles. The van der Waals surface area contributed by atoms with E-state index in [1.54, 1.807) is 4.90 Å². The number of piperazine rings is 1. The molecule has 7 heteroatoms. The molecule has 0 radical (unpaired) electrons. The van der Waals surface area contributed by atoms with Crippen LogP contribution >= 0.6 is 0 Å². The van der Waals surface area contributed by atoms with Gasteiger partial charge in [0.2, 0.25) is 15.9 Å². The Labute approximate surface area is 129 Å². The van der Waals surface area contributed by atoms with Crippen LogP contribution in [0.4, 0.5) is 4.39 Å². The van der Waals surface area contributed by atoms with Crippen molar-refractivity contribution in [2.24, 2.45) is 11.8 Å². The van der Waals surface area contributed by atoms with Crippen molar-refractivity contribution >= 4 is 15.9 Å². The molecule has 0 unspecified atom stereocenters. The van der Waals surface area contributed by atoms with Crippen LogP contribution in [0.1, 0.15) is 13.3 Å². The van der Waals surface area contributed by atoms with Crippen molar-refractivity contribution in [3.8, 4) is 0 Å². The molecule has 1 amide bonds. The highest BCUT2D eigenvalue weighted by molar-refractivity contribution is 7.89. The number of benzene rings is 1. The topological polar surface area (TPSA) is 57.7 Å². The zero-order valence-electron chi connectivity index (χ0n) is 12.4. The van der Waals surface area contributed by atoms with Gasteiger partial charge in [-0.25, -0.2) is 12.8 Å². The Hall–Kier alpha value is -1.47. The van der Waals surface area contributed by atoms with Gasteiger partial charge in [-0.1, -0.05) is 13.0 Å². The van der Waals surface area contributed by atoms with Crippen LogP contribution in [0, 0.1) is 17.7 Å². The molecule has 2 atom stereocenters. The van der Waals surface area contributed by atoms with Crippen molar-refractivity contribution < 1.29 is 17.6 Å². The first-order valence-electron chi connectivity index (χ1n) is 7.44. The Bertz CT molecular complexity index is 684. The molecule has 1 aliphatic heterocycles. The zero-order chi connectivity index (χ0) is 15.9. The molecule has 5 nitrogen and oxygen atoms in total. The van der Waals surface area contributed by atoms with Gasteiger partial charge in [-0.05, 0) is 30.5 Å². The third-order valence-corrected chi connectivity index (χ3v) is 6.31. The minimum absolute atomic E-state index is 0.0388. The largest absolute Gasteiger partial charge is 0.340 e. The number of carbonyl (C=O) groups is 1. The second-order valence-corrected chi connectivity index (χ2v) is 7.94. The van der Waals surface area contributed by atoms with Gasteiger partial charge in [-0.2, -0.15) is 4.31 Å². The van der Waals surface area contributed by atoms with Crippen molar-refractivity contribution in [1.29, 1.82) is 0 Å². The molecule has 1 aromatic rings. The van der Waals surface area contributed by atoms with Crippen molar-refractivity contribution in [1.82, 2.24) is 9.21 Å². The summed E-state index contributed by atoms with van der Waals surface area (Å²) in [6.07, 6.45) is 0.931. The molecule has 22 heavy (non-hydrogen) atoms. The predicted molar refractivity (Wildman–Crippen MR) is 79.0 cm³/mol. The van der Waals surface area contributed by atoms with Crippen LogP contribution in [0.2, 0.25) is 0 Å². The van der Waals surface area contributed by atoms with Gasteiger partial charge in [0.15, 0.2) is 0 Å². The number of hydrogen-bond acceptors (Lipinski definition) is 3. The Morgan fingerprint density at radius 3 is 2.41 bits per heavy atom. The smallest absolute Gasteiger partial charge is 0.243 e. The first-order valence-corrected chi connectivity index (χ1v) is 8.88. The molecule has 0 aromatic heterocycles. The molecule has 2 aliphatic rings. The number of nitrogens with zero attached hydrogens (tertiary/aromatic N) is 2. The lowest BCUT2D eigenvalue weighted by molar-refractivity contribution is -0.134. The summed E-state index contributed by atoms with van der Waals surface area (Å²) in [5.41, 5.74) is 0. The van der Waals surface area contributed by atoms with Crippen LogP contribution in [0.25, 0.3) is 0 Å². The summed E-state index contributed by atoms with van der Waals surface area (Å²) in [5, 5.41) is 0. The summed E-state index contributed by atoms with van der Waals surface area (Å²) in [5.74, 6) is 0.126. The van der Waals surface area contributed by atoms with Crippen molar-refractivity contribution in [3.63, 3.8) is 0 Å². The van der Waals surface area contributed by atoms with E-state index in [2.05, 4.69) is 0 Å². The highest BCUT2D eigenvalue weighted by Gasteiger charge is 2.42. The van der Waals surface area contributed by atoms with E-state index in [9.17, 15) is 17.6 Å². The van der Waals surface area contributed by atoms with Gasteiger partial charge in [0.05, 0.1) is 4.90 Å². The van der Waals surface area contributed by atoms with E-state index in [-0.39, 0.29) is 29.8 Å². The molecule has 0 spiro atoms. The first-order chi connectivity index (χ1) is 10.4. The third-order valence-electron chi connectivity index (χ3n) is 4.41. The number of hydrogen-bond donors (Lipinski definition) is 0. The molecule has 0 N–H and O–H groups in total. The van der Waals surface area contributed by atoms with Gasteiger partial charge in [0.25, 0.3) is 0 Å². The van der Waals surface area contributed by atoms with Gasteiger partial charge < -0.3 is 4.90 Å². The molecule has 1 heterocycles. The Kier molecular flexibility index (Phi) is 3.94. The van der Waals surface area contributed by atoms with E-state index >= 15 is 0 Å². The van der Waals surface area contributed by atoms with E-state index in [1.807, 2.05) is 6.92 Å². The maximum atomic E-state index is 13.2. The molecule has 1 saturated carbocycles. The summed E-state index contributed by atoms with van der Waals surface area (Å²) < 4.78 is 39.5. The van der Waals surface area contributed by atoms with Gasteiger partial charge >= 0.3 is 0 Å². The Morgan fingerprint density at radius 2 is 1.86 bits per heavy atom. The molecule has 1 aromatic carbocycles. The number of rotatable bonds is 3. The van der Waals surface area contributed by atoms with Crippen LogP contribution < -0.4 is 0 Å². The third kappa shape index (κ3) is 2.87. The van der Waals surface area contributed by atoms with Gasteiger partial charge in [-0.15, -0.1) is 0 Å². The van der Waals surface area contributed by atoms with Crippen molar-refractivity contribution in [2.75, 3.05) is 26.2 Å². The fourth-order valence-electron chi connectivity index (χ4n) is 2.83. The lowest BCUT2D eigenvalue weighted by atomic mass is 10.2. The maximum Gasteiger partial charge on any atom is 0.243 e. The zero-order valence-corrected chi connectivity index (χ0v) is 13.2. The monoisotopic (exact) mass is 326 g/mol. The Morgan fingerprint density at radius 1 is 1.23 bits per heavy atom. The molecular formula is C15H19FN2O3S. The standard InChI is InChI=1S/C15H19FN2O3S/c1-11-9-14(11)15(19)17-5-7-18(8-6-17)22(20,21)13-4-2-3-12(16)10-13/h2-4,10-11,14H,5-9H2,1H3/t11-,14-/m0/s1.